The monoisotopic (exact) mass is 274 g/mol. The summed E-state index contributed by atoms with van der Waals surface area (Å²) in [5, 5.41) is 0. The van der Waals surface area contributed by atoms with E-state index < -0.39 is 0 Å². The van der Waals surface area contributed by atoms with Crippen molar-refractivity contribution in [2.75, 3.05) is 13.6 Å². The van der Waals surface area contributed by atoms with E-state index in [0.717, 1.165) is 32.2 Å². The van der Waals surface area contributed by atoms with Gasteiger partial charge in [-0.15, -0.1) is 0 Å². The van der Waals surface area contributed by atoms with Crippen LogP contribution in [0.5, 0.6) is 0 Å². The molecule has 1 aromatic rings. The van der Waals surface area contributed by atoms with Gasteiger partial charge < -0.3 is 10.6 Å². The van der Waals surface area contributed by atoms with Crippen molar-refractivity contribution in [2.24, 2.45) is 11.7 Å². The zero-order valence-corrected chi connectivity index (χ0v) is 12.4. The van der Waals surface area contributed by atoms with Crippen molar-refractivity contribution in [3.05, 3.63) is 35.9 Å². The van der Waals surface area contributed by atoms with E-state index >= 15 is 0 Å². The first-order valence-electron chi connectivity index (χ1n) is 7.73. The number of nitrogens with two attached hydrogens (primary N) is 1. The molecular weight excluding hydrogens is 248 g/mol. The van der Waals surface area contributed by atoms with Crippen LogP contribution < -0.4 is 5.73 Å². The van der Waals surface area contributed by atoms with Crippen LogP contribution in [-0.4, -0.2) is 30.4 Å². The second-order valence-electron chi connectivity index (χ2n) is 5.90. The number of benzene rings is 1. The topological polar surface area (TPSA) is 46.3 Å². The maximum atomic E-state index is 12.5. The highest BCUT2D eigenvalue weighted by molar-refractivity contribution is 5.79. The van der Waals surface area contributed by atoms with Crippen LogP contribution in [0.2, 0.25) is 0 Å². The number of amides is 1. The highest BCUT2D eigenvalue weighted by atomic mass is 16.2. The van der Waals surface area contributed by atoms with Gasteiger partial charge in [0.15, 0.2) is 0 Å². The van der Waals surface area contributed by atoms with Gasteiger partial charge in [-0.3, -0.25) is 4.79 Å². The Labute approximate surface area is 122 Å². The van der Waals surface area contributed by atoms with Gasteiger partial charge in [0.2, 0.25) is 5.91 Å². The first-order valence-corrected chi connectivity index (χ1v) is 7.73. The van der Waals surface area contributed by atoms with E-state index in [0.29, 0.717) is 0 Å². The second-order valence-corrected chi connectivity index (χ2v) is 5.90. The normalized spacial score (nSPS) is 23.1. The Morgan fingerprint density at radius 2 is 1.90 bits per heavy atom. The number of hydrogen-bond acceptors (Lipinski definition) is 2. The molecule has 20 heavy (non-hydrogen) atoms. The van der Waals surface area contributed by atoms with Crippen LogP contribution in [-0.2, 0) is 11.2 Å². The first kappa shape index (κ1) is 15.0. The minimum Gasteiger partial charge on any atom is -0.345 e. The van der Waals surface area contributed by atoms with Crippen molar-refractivity contribution in [1.82, 2.24) is 4.90 Å². The highest BCUT2D eigenvalue weighted by Gasteiger charge is 2.28. The van der Waals surface area contributed by atoms with Crippen molar-refractivity contribution in [3.8, 4) is 0 Å². The number of hydrogen-bond donors (Lipinski definition) is 1. The summed E-state index contributed by atoms with van der Waals surface area (Å²) in [4.78, 5) is 14.4. The Balaban J connectivity index is 1.87. The molecule has 0 aliphatic heterocycles. The lowest BCUT2D eigenvalue weighted by atomic mass is 9.94. The van der Waals surface area contributed by atoms with E-state index in [4.69, 9.17) is 5.73 Å². The molecule has 0 spiro atoms. The summed E-state index contributed by atoms with van der Waals surface area (Å²) in [5.41, 5.74) is 7.45. The lowest BCUT2D eigenvalue weighted by Crippen LogP contribution is -2.42. The van der Waals surface area contributed by atoms with Crippen molar-refractivity contribution in [3.63, 3.8) is 0 Å². The number of nitrogens with zero attached hydrogens (tertiary/aromatic N) is 1. The molecule has 3 nitrogen and oxygen atoms in total. The lowest BCUT2D eigenvalue weighted by Gasteiger charge is -2.26. The predicted octanol–water partition coefficient (Wildman–Crippen LogP) is 2.60. The minimum atomic E-state index is 0.0262. The van der Waals surface area contributed by atoms with Crippen LogP contribution in [0.25, 0.3) is 0 Å². The van der Waals surface area contributed by atoms with E-state index in [9.17, 15) is 4.79 Å². The molecule has 1 aromatic carbocycles. The van der Waals surface area contributed by atoms with Gasteiger partial charge >= 0.3 is 0 Å². The zero-order valence-electron chi connectivity index (χ0n) is 12.4. The van der Waals surface area contributed by atoms with Gasteiger partial charge in [0.25, 0.3) is 0 Å². The van der Waals surface area contributed by atoms with Gasteiger partial charge in [-0.05, 0) is 24.8 Å². The first-order chi connectivity index (χ1) is 9.68. The summed E-state index contributed by atoms with van der Waals surface area (Å²) in [6.45, 7) is 0.770. The fourth-order valence-corrected chi connectivity index (χ4v) is 2.98. The van der Waals surface area contributed by atoms with E-state index in [1.807, 2.05) is 30.1 Å². The summed E-state index contributed by atoms with van der Waals surface area (Å²) < 4.78 is 0. The third-order valence-corrected chi connectivity index (χ3v) is 4.34. The molecule has 2 unspecified atom stereocenters. The van der Waals surface area contributed by atoms with Gasteiger partial charge in [0.05, 0.1) is 5.92 Å². The van der Waals surface area contributed by atoms with Crippen LogP contribution in [0.4, 0.5) is 0 Å². The van der Waals surface area contributed by atoms with Crippen LogP contribution in [0.15, 0.2) is 30.3 Å². The molecule has 2 atom stereocenters. The molecule has 110 valence electrons. The molecule has 1 aliphatic rings. The average Bonchev–Trinajstić information content (AvgIpc) is 2.69. The maximum absolute atomic E-state index is 12.5. The van der Waals surface area contributed by atoms with Gasteiger partial charge in [-0.25, -0.2) is 0 Å². The molecule has 1 aliphatic carbocycles. The molecule has 1 fully saturated rings. The molecule has 3 heteroatoms. The zero-order chi connectivity index (χ0) is 14.4. The maximum Gasteiger partial charge on any atom is 0.226 e. The number of rotatable bonds is 4. The number of carbonyl (C=O) groups excluding carboxylic acids is 1. The second kappa shape index (κ2) is 7.44. The minimum absolute atomic E-state index is 0.0262. The fraction of sp³-hybridized carbons (Fsp3) is 0.588. The molecule has 2 N–H and O–H groups in total. The predicted molar refractivity (Wildman–Crippen MR) is 82.3 cm³/mol. The van der Waals surface area contributed by atoms with Crippen molar-refractivity contribution in [1.29, 1.82) is 0 Å². The van der Waals surface area contributed by atoms with Crippen molar-refractivity contribution in [2.45, 2.75) is 44.6 Å². The van der Waals surface area contributed by atoms with Crippen LogP contribution in [0.3, 0.4) is 0 Å². The highest BCUT2D eigenvalue weighted by Crippen LogP contribution is 2.23. The summed E-state index contributed by atoms with van der Waals surface area (Å²) in [7, 11) is 1.91. The number of likely N-dealkylation sites (N-methyl/N-ethyl adjacent to an activating group) is 1. The summed E-state index contributed by atoms with van der Waals surface area (Å²) in [5.74, 6) is 0.258. The molecule has 1 saturated carbocycles. The van der Waals surface area contributed by atoms with Crippen LogP contribution in [0.1, 0.15) is 37.7 Å². The molecule has 0 bridgehead atoms. The summed E-state index contributed by atoms with van der Waals surface area (Å²) in [6.07, 6.45) is 6.37. The third-order valence-electron chi connectivity index (χ3n) is 4.34. The Morgan fingerprint density at radius 3 is 2.65 bits per heavy atom. The van der Waals surface area contributed by atoms with Gasteiger partial charge in [-0.2, -0.15) is 0 Å². The van der Waals surface area contributed by atoms with E-state index in [2.05, 4.69) is 12.1 Å². The smallest absolute Gasteiger partial charge is 0.226 e. The lowest BCUT2D eigenvalue weighted by molar-refractivity contribution is -0.135. The number of carbonyl (C=O) groups is 1. The quantitative estimate of drug-likeness (QED) is 0.858. The molecule has 0 heterocycles. The van der Waals surface area contributed by atoms with Gasteiger partial charge in [0.1, 0.15) is 0 Å². The fourth-order valence-electron chi connectivity index (χ4n) is 2.98. The average molecular weight is 274 g/mol. The van der Waals surface area contributed by atoms with Crippen LogP contribution >= 0.6 is 0 Å². The molecule has 0 saturated heterocycles. The largest absolute Gasteiger partial charge is 0.345 e. The van der Waals surface area contributed by atoms with Crippen molar-refractivity contribution >= 4 is 5.91 Å². The molecule has 2 rings (SSSR count). The molecular formula is C17H26N2O. The molecule has 1 amide bonds. The van der Waals surface area contributed by atoms with Crippen LogP contribution in [0, 0.1) is 5.92 Å². The SMILES string of the molecule is CN(CCc1ccccc1)C(=O)C1CCCCCC1N. The van der Waals surface area contributed by atoms with Gasteiger partial charge in [-0.1, -0.05) is 49.6 Å². The molecule has 0 radical (unpaired) electrons. The Morgan fingerprint density at radius 1 is 1.20 bits per heavy atom. The third kappa shape index (κ3) is 4.07. The standard InChI is InChI=1S/C17H26N2O/c1-19(13-12-14-8-4-2-5-9-14)17(20)15-10-6-3-7-11-16(15)18/h2,4-5,8-9,15-16H,3,6-7,10-13,18H2,1H3. The van der Waals surface area contributed by atoms with E-state index in [1.54, 1.807) is 0 Å². The van der Waals surface area contributed by atoms with Gasteiger partial charge in [0, 0.05) is 19.6 Å². The molecule has 0 aromatic heterocycles. The summed E-state index contributed by atoms with van der Waals surface area (Å²) >= 11 is 0. The Kier molecular flexibility index (Phi) is 5.60. The van der Waals surface area contributed by atoms with E-state index in [-0.39, 0.29) is 17.9 Å². The van der Waals surface area contributed by atoms with E-state index in [1.165, 1.54) is 18.4 Å². The Hall–Kier alpha value is -1.35. The Bertz CT molecular complexity index is 418. The summed E-state index contributed by atoms with van der Waals surface area (Å²) in [6, 6.07) is 10.4. The van der Waals surface area contributed by atoms with Crippen molar-refractivity contribution < 1.29 is 4.79 Å².